The maximum absolute atomic E-state index is 9.74. The lowest BCUT2D eigenvalue weighted by Crippen LogP contribution is -2.40. The SMILES string of the molecule is Cc1c(O)cc2c(c1C)O[C@@](C)(CO)CC2. The number of aliphatic hydroxyl groups excluding tert-OH is 1. The van der Waals surface area contributed by atoms with Gasteiger partial charge in [0.15, 0.2) is 0 Å². The number of aromatic hydroxyl groups is 1. The summed E-state index contributed by atoms with van der Waals surface area (Å²) in [7, 11) is 0. The van der Waals surface area contributed by atoms with E-state index in [9.17, 15) is 10.2 Å². The van der Waals surface area contributed by atoms with Crippen LogP contribution in [0.4, 0.5) is 0 Å². The van der Waals surface area contributed by atoms with Crippen molar-refractivity contribution in [1.29, 1.82) is 0 Å². The van der Waals surface area contributed by atoms with Gasteiger partial charge in [-0.2, -0.15) is 0 Å². The summed E-state index contributed by atoms with van der Waals surface area (Å²) in [6, 6.07) is 1.77. The lowest BCUT2D eigenvalue weighted by Gasteiger charge is -2.35. The van der Waals surface area contributed by atoms with Crippen LogP contribution in [0.3, 0.4) is 0 Å². The molecule has 3 heteroatoms. The number of aliphatic hydroxyl groups is 1. The zero-order valence-electron chi connectivity index (χ0n) is 10.0. The number of rotatable bonds is 1. The summed E-state index contributed by atoms with van der Waals surface area (Å²) < 4.78 is 5.87. The summed E-state index contributed by atoms with van der Waals surface area (Å²) in [5.74, 6) is 1.16. The van der Waals surface area contributed by atoms with E-state index in [0.717, 1.165) is 35.3 Å². The lowest BCUT2D eigenvalue weighted by atomic mass is 9.90. The fraction of sp³-hybridized carbons (Fsp3) is 0.538. The van der Waals surface area contributed by atoms with Crippen molar-refractivity contribution in [3.8, 4) is 11.5 Å². The molecule has 1 aliphatic heterocycles. The molecule has 0 amide bonds. The molecule has 0 radical (unpaired) electrons. The van der Waals surface area contributed by atoms with Crippen molar-refractivity contribution in [2.45, 2.75) is 39.2 Å². The molecule has 1 aromatic rings. The Morgan fingerprint density at radius 2 is 2.06 bits per heavy atom. The molecule has 0 aromatic heterocycles. The van der Waals surface area contributed by atoms with Crippen LogP contribution in [-0.2, 0) is 6.42 Å². The van der Waals surface area contributed by atoms with E-state index in [4.69, 9.17) is 4.74 Å². The number of fused-ring (bicyclic) bond motifs is 1. The minimum absolute atomic E-state index is 0.0196. The fourth-order valence-corrected chi connectivity index (χ4v) is 2.08. The van der Waals surface area contributed by atoms with Crippen LogP contribution < -0.4 is 4.74 Å². The largest absolute Gasteiger partial charge is 0.508 e. The molecule has 0 saturated heterocycles. The van der Waals surface area contributed by atoms with Crippen molar-refractivity contribution in [3.05, 3.63) is 22.8 Å². The van der Waals surface area contributed by atoms with Crippen molar-refractivity contribution in [1.82, 2.24) is 0 Å². The van der Waals surface area contributed by atoms with E-state index in [-0.39, 0.29) is 6.61 Å². The summed E-state index contributed by atoms with van der Waals surface area (Å²) in [6.07, 6.45) is 1.61. The topological polar surface area (TPSA) is 49.7 Å². The van der Waals surface area contributed by atoms with Crippen molar-refractivity contribution in [2.75, 3.05) is 6.61 Å². The van der Waals surface area contributed by atoms with Gasteiger partial charge < -0.3 is 14.9 Å². The Labute approximate surface area is 95.7 Å². The molecule has 2 rings (SSSR count). The van der Waals surface area contributed by atoms with E-state index in [1.165, 1.54) is 0 Å². The monoisotopic (exact) mass is 222 g/mol. The number of hydrogen-bond acceptors (Lipinski definition) is 3. The van der Waals surface area contributed by atoms with E-state index in [0.29, 0.717) is 5.75 Å². The smallest absolute Gasteiger partial charge is 0.129 e. The minimum atomic E-state index is -0.485. The minimum Gasteiger partial charge on any atom is -0.508 e. The Morgan fingerprint density at radius 1 is 1.38 bits per heavy atom. The standard InChI is InChI=1S/C13H18O3/c1-8-9(2)12-10(6-11(8)15)4-5-13(3,7-14)16-12/h6,14-15H,4-5,7H2,1-3H3/t13-/m1/s1. The van der Waals surface area contributed by atoms with Crippen LogP contribution in [0.1, 0.15) is 30.0 Å². The molecule has 1 aromatic carbocycles. The summed E-state index contributed by atoms with van der Waals surface area (Å²) in [5, 5.41) is 19.1. The average molecular weight is 222 g/mol. The fourth-order valence-electron chi connectivity index (χ4n) is 2.08. The summed E-state index contributed by atoms with van der Waals surface area (Å²) in [4.78, 5) is 0. The number of aryl methyl sites for hydroxylation is 1. The van der Waals surface area contributed by atoms with Gasteiger partial charge in [-0.25, -0.2) is 0 Å². The van der Waals surface area contributed by atoms with Crippen LogP contribution in [0.5, 0.6) is 11.5 Å². The van der Waals surface area contributed by atoms with Crippen molar-refractivity contribution in [2.24, 2.45) is 0 Å². The van der Waals surface area contributed by atoms with Gasteiger partial charge in [-0.15, -0.1) is 0 Å². The highest BCUT2D eigenvalue weighted by atomic mass is 16.5. The first-order chi connectivity index (χ1) is 7.47. The molecule has 1 aliphatic rings. The van der Waals surface area contributed by atoms with Gasteiger partial charge in [0.05, 0.1) is 6.61 Å². The molecule has 88 valence electrons. The lowest BCUT2D eigenvalue weighted by molar-refractivity contribution is 0.00735. The molecule has 1 heterocycles. The number of phenolic OH excluding ortho intramolecular Hbond substituents is 1. The molecule has 1 atom stereocenters. The van der Waals surface area contributed by atoms with E-state index in [2.05, 4.69) is 0 Å². The maximum Gasteiger partial charge on any atom is 0.129 e. The predicted octanol–water partition coefficient (Wildman–Crippen LogP) is 2.09. The number of ether oxygens (including phenoxy) is 1. The first-order valence-electron chi connectivity index (χ1n) is 5.59. The second-order valence-electron chi connectivity index (χ2n) is 4.84. The Kier molecular flexibility index (Phi) is 2.58. The second-order valence-corrected chi connectivity index (χ2v) is 4.84. The van der Waals surface area contributed by atoms with Gasteiger partial charge in [-0.3, -0.25) is 0 Å². The van der Waals surface area contributed by atoms with Crippen LogP contribution in [0.15, 0.2) is 6.07 Å². The molecule has 3 nitrogen and oxygen atoms in total. The Hall–Kier alpha value is -1.22. The van der Waals surface area contributed by atoms with E-state index >= 15 is 0 Å². The van der Waals surface area contributed by atoms with Crippen LogP contribution in [0.2, 0.25) is 0 Å². The number of phenols is 1. The van der Waals surface area contributed by atoms with Crippen LogP contribution in [-0.4, -0.2) is 22.4 Å². The molecule has 0 unspecified atom stereocenters. The molecule has 0 aliphatic carbocycles. The van der Waals surface area contributed by atoms with Gasteiger partial charge in [-0.1, -0.05) is 0 Å². The van der Waals surface area contributed by atoms with Crippen molar-refractivity contribution < 1.29 is 14.9 Å². The third-order valence-corrected chi connectivity index (χ3v) is 3.50. The highest BCUT2D eigenvalue weighted by Crippen LogP contribution is 2.40. The van der Waals surface area contributed by atoms with Gasteiger partial charge >= 0.3 is 0 Å². The van der Waals surface area contributed by atoms with Crippen LogP contribution in [0.25, 0.3) is 0 Å². The highest BCUT2D eigenvalue weighted by Gasteiger charge is 2.32. The van der Waals surface area contributed by atoms with Gasteiger partial charge in [-0.05, 0) is 56.4 Å². The number of hydrogen-bond donors (Lipinski definition) is 2. The molecule has 2 N–H and O–H groups in total. The molecular weight excluding hydrogens is 204 g/mol. The highest BCUT2D eigenvalue weighted by molar-refractivity contribution is 5.53. The first kappa shape index (κ1) is 11.3. The molecular formula is C13H18O3. The second kappa shape index (κ2) is 3.67. The first-order valence-corrected chi connectivity index (χ1v) is 5.59. The van der Waals surface area contributed by atoms with E-state index < -0.39 is 5.60 Å². The Morgan fingerprint density at radius 3 is 2.69 bits per heavy atom. The zero-order valence-corrected chi connectivity index (χ0v) is 10.0. The Balaban J connectivity index is 2.49. The van der Waals surface area contributed by atoms with Crippen molar-refractivity contribution >= 4 is 0 Å². The normalized spacial score (nSPS) is 23.8. The van der Waals surface area contributed by atoms with Gasteiger partial charge in [0, 0.05) is 0 Å². The predicted molar refractivity (Wildman–Crippen MR) is 62.0 cm³/mol. The third-order valence-electron chi connectivity index (χ3n) is 3.50. The molecule has 0 spiro atoms. The quantitative estimate of drug-likeness (QED) is 0.765. The summed E-state index contributed by atoms with van der Waals surface area (Å²) >= 11 is 0. The van der Waals surface area contributed by atoms with Crippen LogP contribution in [0, 0.1) is 13.8 Å². The maximum atomic E-state index is 9.74. The molecule has 0 bridgehead atoms. The zero-order chi connectivity index (χ0) is 11.9. The third kappa shape index (κ3) is 1.65. The van der Waals surface area contributed by atoms with Crippen molar-refractivity contribution in [3.63, 3.8) is 0 Å². The Bertz CT molecular complexity index is 426. The number of benzene rings is 1. The van der Waals surface area contributed by atoms with Gasteiger partial charge in [0.2, 0.25) is 0 Å². The average Bonchev–Trinajstić information content (AvgIpc) is 2.28. The molecule has 0 fully saturated rings. The van der Waals surface area contributed by atoms with Gasteiger partial charge in [0.25, 0.3) is 0 Å². The summed E-state index contributed by atoms with van der Waals surface area (Å²) in [5.41, 5.74) is 2.36. The van der Waals surface area contributed by atoms with Gasteiger partial charge in [0.1, 0.15) is 17.1 Å². The van der Waals surface area contributed by atoms with E-state index in [1.54, 1.807) is 6.07 Å². The van der Waals surface area contributed by atoms with Crippen LogP contribution >= 0.6 is 0 Å². The van der Waals surface area contributed by atoms with E-state index in [1.807, 2.05) is 20.8 Å². The molecule has 0 saturated carbocycles. The molecule has 16 heavy (non-hydrogen) atoms. The summed E-state index contributed by atoms with van der Waals surface area (Å²) in [6.45, 7) is 5.75.